The second kappa shape index (κ2) is 5.87. The second-order valence-electron chi connectivity index (χ2n) is 9.25. The predicted molar refractivity (Wildman–Crippen MR) is 92.4 cm³/mol. The van der Waals surface area contributed by atoms with Crippen LogP contribution in [0, 0.1) is 28.6 Å². The Balaban J connectivity index is 1.66. The first-order chi connectivity index (χ1) is 12.1. The number of alkyl halides is 3. The number of hydrogen-bond acceptors (Lipinski definition) is 1. The maximum Gasteiger partial charge on any atom is 0.389 e. The van der Waals surface area contributed by atoms with Crippen molar-refractivity contribution in [3.05, 3.63) is 23.3 Å². The summed E-state index contributed by atoms with van der Waals surface area (Å²) < 4.78 is 39.9. The lowest BCUT2D eigenvalue weighted by molar-refractivity contribution is -0.177. The number of rotatable bonds is 2. The molecule has 0 heterocycles. The molecule has 0 aromatic rings. The molecule has 1 N–H and O–H groups in total. The molecular formula is C21H27F3O2. The molecule has 0 aromatic carbocycles. The highest BCUT2D eigenvalue weighted by molar-refractivity contribution is 5.87. The third kappa shape index (κ3) is 2.73. The Kier molecular flexibility index (Phi) is 4.09. The third-order valence-electron chi connectivity index (χ3n) is 8.12. The van der Waals surface area contributed by atoms with Crippen LogP contribution in [0.2, 0.25) is 0 Å². The summed E-state index contributed by atoms with van der Waals surface area (Å²) in [6, 6.07) is 0. The standard InChI is InChI=1S/C21H27F3O2/c1-19-9-6-13(18(25)26)11-14(19)4-5-15-16(19)7-10-20(12-21(22,23)24)8-2-3-17(15)20/h4,11,15-17H,2-3,5-10,12H2,1H3,(H,25,26)/t15-,16+,17+,19+,20+/m1/s1. The number of halogens is 3. The third-order valence-corrected chi connectivity index (χ3v) is 8.12. The van der Waals surface area contributed by atoms with E-state index < -0.39 is 24.0 Å². The molecule has 0 saturated heterocycles. The lowest BCUT2D eigenvalue weighted by Gasteiger charge is -2.57. The number of carbonyl (C=O) groups is 1. The van der Waals surface area contributed by atoms with Gasteiger partial charge in [-0.25, -0.2) is 4.79 Å². The number of carboxylic acids is 1. The molecule has 0 amide bonds. The van der Waals surface area contributed by atoms with E-state index in [4.69, 9.17) is 0 Å². The SMILES string of the molecule is C[C@]12CCC(C(=O)O)=CC1=CC[C@H]1[C@@H]3CCC[C@@]3(CC(F)(F)F)CC[C@@H]12. The van der Waals surface area contributed by atoms with Gasteiger partial charge in [-0.15, -0.1) is 0 Å². The van der Waals surface area contributed by atoms with Crippen LogP contribution in [0.3, 0.4) is 0 Å². The van der Waals surface area contributed by atoms with Crippen molar-refractivity contribution in [3.8, 4) is 0 Å². The molecule has 0 aromatic heterocycles. The summed E-state index contributed by atoms with van der Waals surface area (Å²) in [7, 11) is 0. The molecule has 5 atom stereocenters. The molecular weight excluding hydrogens is 341 g/mol. The Morgan fingerprint density at radius 2 is 2.00 bits per heavy atom. The van der Waals surface area contributed by atoms with E-state index in [2.05, 4.69) is 13.0 Å². The van der Waals surface area contributed by atoms with Crippen molar-refractivity contribution < 1.29 is 23.1 Å². The van der Waals surface area contributed by atoms with Crippen LogP contribution in [0.5, 0.6) is 0 Å². The Labute approximate surface area is 152 Å². The van der Waals surface area contributed by atoms with Crippen molar-refractivity contribution in [1.82, 2.24) is 0 Å². The van der Waals surface area contributed by atoms with Gasteiger partial charge in [-0.05, 0) is 85.2 Å². The van der Waals surface area contributed by atoms with E-state index in [9.17, 15) is 23.1 Å². The van der Waals surface area contributed by atoms with E-state index in [0.717, 1.165) is 44.1 Å². The molecule has 0 radical (unpaired) electrons. The van der Waals surface area contributed by atoms with Gasteiger partial charge in [-0.2, -0.15) is 13.2 Å². The van der Waals surface area contributed by atoms with Gasteiger partial charge in [-0.1, -0.05) is 19.4 Å². The lowest BCUT2D eigenvalue weighted by atomic mass is 9.48. The van der Waals surface area contributed by atoms with E-state index in [0.29, 0.717) is 30.3 Å². The first kappa shape index (κ1) is 18.1. The molecule has 2 saturated carbocycles. The van der Waals surface area contributed by atoms with Gasteiger partial charge >= 0.3 is 12.1 Å². The Morgan fingerprint density at radius 3 is 2.69 bits per heavy atom. The minimum absolute atomic E-state index is 0.0746. The average Bonchev–Trinajstić information content (AvgIpc) is 2.95. The van der Waals surface area contributed by atoms with Gasteiger partial charge in [0.1, 0.15) is 0 Å². The Morgan fingerprint density at radius 1 is 1.23 bits per heavy atom. The van der Waals surface area contributed by atoms with E-state index >= 15 is 0 Å². The number of fused-ring (bicyclic) bond motifs is 5. The van der Waals surface area contributed by atoms with Gasteiger partial charge < -0.3 is 5.11 Å². The molecule has 5 heteroatoms. The van der Waals surface area contributed by atoms with Gasteiger partial charge in [0.15, 0.2) is 0 Å². The van der Waals surface area contributed by atoms with Crippen LogP contribution in [-0.2, 0) is 4.79 Å². The summed E-state index contributed by atoms with van der Waals surface area (Å²) in [6.07, 6.45) is 5.54. The monoisotopic (exact) mass is 368 g/mol. The van der Waals surface area contributed by atoms with Crippen molar-refractivity contribution >= 4 is 5.97 Å². The van der Waals surface area contributed by atoms with Crippen LogP contribution in [0.15, 0.2) is 23.3 Å². The van der Waals surface area contributed by atoms with Crippen molar-refractivity contribution in [2.75, 3.05) is 0 Å². The molecule has 2 fully saturated rings. The van der Waals surface area contributed by atoms with E-state index in [1.54, 1.807) is 0 Å². The molecule has 0 bridgehead atoms. The van der Waals surface area contributed by atoms with Crippen molar-refractivity contribution in [1.29, 1.82) is 0 Å². The van der Waals surface area contributed by atoms with Gasteiger partial charge in [0, 0.05) is 12.0 Å². The summed E-state index contributed by atoms with van der Waals surface area (Å²) in [5, 5.41) is 9.31. The summed E-state index contributed by atoms with van der Waals surface area (Å²) in [5.74, 6) is 0.0294. The first-order valence-corrected chi connectivity index (χ1v) is 9.86. The highest BCUT2D eigenvalue weighted by Gasteiger charge is 2.59. The summed E-state index contributed by atoms with van der Waals surface area (Å²) >= 11 is 0. The van der Waals surface area contributed by atoms with E-state index in [-0.39, 0.29) is 11.3 Å². The minimum Gasteiger partial charge on any atom is -0.478 e. The fourth-order valence-corrected chi connectivity index (χ4v) is 7.00. The Bertz CT molecular complexity index is 677. The maximum atomic E-state index is 13.3. The average molecular weight is 368 g/mol. The number of carboxylic acid groups (broad SMARTS) is 1. The quantitative estimate of drug-likeness (QED) is 0.659. The largest absolute Gasteiger partial charge is 0.478 e. The second-order valence-corrected chi connectivity index (χ2v) is 9.25. The zero-order chi connectivity index (χ0) is 18.7. The fourth-order valence-electron chi connectivity index (χ4n) is 7.00. The molecule has 2 nitrogen and oxygen atoms in total. The molecule has 144 valence electrons. The molecule has 4 rings (SSSR count). The number of aliphatic carboxylic acids is 1. The first-order valence-electron chi connectivity index (χ1n) is 9.86. The minimum atomic E-state index is -4.08. The van der Waals surface area contributed by atoms with Gasteiger partial charge in [0.2, 0.25) is 0 Å². The van der Waals surface area contributed by atoms with Crippen LogP contribution in [0.25, 0.3) is 0 Å². The highest BCUT2D eigenvalue weighted by Crippen LogP contribution is 2.66. The van der Waals surface area contributed by atoms with Crippen LogP contribution >= 0.6 is 0 Å². The summed E-state index contributed by atoms with van der Waals surface area (Å²) in [4.78, 5) is 11.3. The van der Waals surface area contributed by atoms with Crippen LogP contribution in [0.1, 0.15) is 64.7 Å². The van der Waals surface area contributed by atoms with Crippen LogP contribution in [-0.4, -0.2) is 17.3 Å². The van der Waals surface area contributed by atoms with E-state index in [1.807, 2.05) is 6.08 Å². The molecule has 4 aliphatic carbocycles. The smallest absolute Gasteiger partial charge is 0.389 e. The summed E-state index contributed by atoms with van der Waals surface area (Å²) in [5.41, 5.74) is 0.964. The normalized spacial score (nSPS) is 42.2. The maximum absolute atomic E-state index is 13.3. The zero-order valence-electron chi connectivity index (χ0n) is 15.2. The Hall–Kier alpha value is -1.26. The van der Waals surface area contributed by atoms with Crippen LogP contribution in [0.4, 0.5) is 13.2 Å². The van der Waals surface area contributed by atoms with Crippen molar-refractivity contribution in [2.45, 2.75) is 70.9 Å². The molecule has 0 spiro atoms. The molecule has 0 unspecified atom stereocenters. The summed E-state index contributed by atoms with van der Waals surface area (Å²) in [6.45, 7) is 2.22. The highest BCUT2D eigenvalue weighted by atomic mass is 19.4. The van der Waals surface area contributed by atoms with Crippen LogP contribution < -0.4 is 0 Å². The topological polar surface area (TPSA) is 37.3 Å². The van der Waals surface area contributed by atoms with Crippen molar-refractivity contribution in [3.63, 3.8) is 0 Å². The number of allylic oxidation sites excluding steroid dienone is 3. The van der Waals surface area contributed by atoms with Gasteiger partial charge in [0.25, 0.3) is 0 Å². The zero-order valence-corrected chi connectivity index (χ0v) is 15.2. The number of hydrogen-bond donors (Lipinski definition) is 1. The molecule has 26 heavy (non-hydrogen) atoms. The molecule has 0 aliphatic heterocycles. The van der Waals surface area contributed by atoms with E-state index in [1.165, 1.54) is 0 Å². The van der Waals surface area contributed by atoms with Gasteiger partial charge in [-0.3, -0.25) is 0 Å². The molecule has 4 aliphatic rings. The van der Waals surface area contributed by atoms with Crippen molar-refractivity contribution in [2.24, 2.45) is 28.6 Å². The fraction of sp³-hybridized carbons (Fsp3) is 0.762. The predicted octanol–water partition coefficient (Wildman–Crippen LogP) is 5.89. The van der Waals surface area contributed by atoms with Gasteiger partial charge in [0.05, 0.1) is 0 Å². The lowest BCUT2D eigenvalue weighted by Crippen LogP contribution is -2.49.